The van der Waals surface area contributed by atoms with Crippen LogP contribution in [-0.4, -0.2) is 52.4 Å². The highest BCUT2D eigenvalue weighted by Gasteiger charge is 2.21. The highest BCUT2D eigenvalue weighted by atomic mass is 16.2. The van der Waals surface area contributed by atoms with E-state index in [1.807, 2.05) is 29.0 Å². The van der Waals surface area contributed by atoms with Crippen molar-refractivity contribution in [3.8, 4) is 0 Å². The molecule has 120 valence electrons. The second-order valence-corrected chi connectivity index (χ2v) is 5.79. The van der Waals surface area contributed by atoms with Crippen molar-refractivity contribution < 1.29 is 4.79 Å². The highest BCUT2D eigenvalue weighted by molar-refractivity contribution is 5.93. The van der Waals surface area contributed by atoms with Gasteiger partial charge >= 0.3 is 0 Å². The normalized spacial score (nSPS) is 14.0. The van der Waals surface area contributed by atoms with Crippen LogP contribution in [0.25, 0.3) is 0 Å². The summed E-state index contributed by atoms with van der Waals surface area (Å²) in [6.07, 6.45) is 8.13. The van der Waals surface area contributed by atoms with Crippen LogP contribution in [0.15, 0.2) is 36.9 Å². The third-order valence-corrected chi connectivity index (χ3v) is 4.14. The summed E-state index contributed by atoms with van der Waals surface area (Å²) in [5.74, 6) is 0.783. The van der Waals surface area contributed by atoms with Crippen LogP contribution in [0.4, 0.5) is 5.82 Å². The van der Waals surface area contributed by atoms with Gasteiger partial charge in [0.2, 0.25) is 0 Å². The maximum atomic E-state index is 12.4. The van der Waals surface area contributed by atoms with Crippen molar-refractivity contribution in [2.45, 2.75) is 19.3 Å². The first-order chi connectivity index (χ1) is 11.2. The number of hydrogen-bond acceptors (Lipinski definition) is 5. The summed E-state index contributed by atoms with van der Waals surface area (Å²) in [6, 6.07) is 5.81. The molecule has 3 heterocycles. The summed E-state index contributed by atoms with van der Waals surface area (Å²) >= 11 is 0. The molecule has 0 bridgehead atoms. The second-order valence-electron chi connectivity index (χ2n) is 5.79. The Morgan fingerprint density at radius 2 is 1.96 bits per heavy atom. The number of amides is 1. The molecular weight excluding hydrogens is 290 g/mol. The molecule has 2 aromatic heterocycles. The molecule has 1 fully saturated rings. The van der Waals surface area contributed by atoms with Gasteiger partial charge in [-0.3, -0.25) is 9.78 Å². The van der Waals surface area contributed by atoms with E-state index in [4.69, 9.17) is 0 Å². The van der Waals surface area contributed by atoms with Gasteiger partial charge in [0.15, 0.2) is 0 Å². The first-order valence-electron chi connectivity index (χ1n) is 7.95. The summed E-state index contributed by atoms with van der Waals surface area (Å²) in [5.41, 5.74) is 1.71. The number of nitrogens with zero attached hydrogens (tertiary/aromatic N) is 5. The number of aromatic nitrogens is 3. The Morgan fingerprint density at radius 3 is 2.70 bits per heavy atom. The Bertz CT molecular complexity index is 655. The summed E-state index contributed by atoms with van der Waals surface area (Å²) in [6.45, 7) is 2.48. The van der Waals surface area contributed by atoms with Crippen molar-refractivity contribution in [2.75, 3.05) is 31.6 Å². The third-order valence-electron chi connectivity index (χ3n) is 4.14. The monoisotopic (exact) mass is 311 g/mol. The molecule has 6 heteroatoms. The van der Waals surface area contributed by atoms with Gasteiger partial charge in [0.05, 0.1) is 0 Å². The number of likely N-dealkylation sites (N-methyl/N-ethyl adjacent to an activating group) is 1. The zero-order valence-corrected chi connectivity index (χ0v) is 13.4. The van der Waals surface area contributed by atoms with E-state index in [1.165, 1.54) is 11.9 Å². The zero-order valence-electron chi connectivity index (χ0n) is 13.4. The van der Waals surface area contributed by atoms with E-state index >= 15 is 0 Å². The van der Waals surface area contributed by atoms with E-state index in [0.29, 0.717) is 5.69 Å². The second kappa shape index (κ2) is 7.17. The number of carbonyl (C=O) groups is 1. The maximum Gasteiger partial charge on any atom is 0.272 e. The number of pyridine rings is 1. The molecule has 0 aliphatic carbocycles. The van der Waals surface area contributed by atoms with Gasteiger partial charge in [0.25, 0.3) is 5.91 Å². The van der Waals surface area contributed by atoms with Crippen molar-refractivity contribution in [2.24, 2.45) is 0 Å². The molecule has 0 atom stereocenters. The fourth-order valence-electron chi connectivity index (χ4n) is 2.72. The predicted molar refractivity (Wildman–Crippen MR) is 88.4 cm³/mol. The van der Waals surface area contributed by atoms with Crippen LogP contribution in [0.2, 0.25) is 0 Å². The fourth-order valence-corrected chi connectivity index (χ4v) is 2.72. The van der Waals surface area contributed by atoms with Gasteiger partial charge in [0.1, 0.15) is 17.8 Å². The van der Waals surface area contributed by atoms with Gasteiger partial charge < -0.3 is 9.80 Å². The Balaban J connectivity index is 1.65. The first kappa shape index (κ1) is 15.4. The SMILES string of the molecule is CN(CCc1ccncc1)c1cc(C(=O)N2CCCC2)ncn1. The van der Waals surface area contributed by atoms with Gasteiger partial charge in [-0.1, -0.05) is 0 Å². The molecule has 1 aliphatic rings. The Morgan fingerprint density at radius 1 is 1.22 bits per heavy atom. The van der Waals surface area contributed by atoms with Crippen molar-refractivity contribution in [3.05, 3.63) is 48.2 Å². The molecule has 23 heavy (non-hydrogen) atoms. The van der Waals surface area contributed by atoms with Crippen LogP contribution < -0.4 is 4.90 Å². The van der Waals surface area contributed by atoms with Gasteiger partial charge in [-0.25, -0.2) is 9.97 Å². The Hall–Kier alpha value is -2.50. The topological polar surface area (TPSA) is 62.2 Å². The van der Waals surface area contributed by atoms with Crippen molar-refractivity contribution in [3.63, 3.8) is 0 Å². The zero-order chi connectivity index (χ0) is 16.1. The molecule has 0 N–H and O–H groups in total. The van der Waals surface area contributed by atoms with Crippen molar-refractivity contribution in [1.29, 1.82) is 0 Å². The van der Waals surface area contributed by atoms with E-state index < -0.39 is 0 Å². The number of likely N-dealkylation sites (tertiary alicyclic amines) is 1. The maximum absolute atomic E-state index is 12.4. The standard InChI is InChI=1S/C17H21N5O/c1-21(11-6-14-4-7-18-8-5-14)16-12-15(19-13-20-16)17(23)22-9-2-3-10-22/h4-5,7-8,12-13H,2-3,6,9-11H2,1H3. The van der Waals surface area contributed by atoms with Crippen molar-refractivity contribution in [1.82, 2.24) is 19.9 Å². The van der Waals surface area contributed by atoms with E-state index in [-0.39, 0.29) is 5.91 Å². The summed E-state index contributed by atoms with van der Waals surface area (Å²) in [5, 5.41) is 0. The van der Waals surface area contributed by atoms with Crippen LogP contribution in [0.3, 0.4) is 0 Å². The summed E-state index contributed by atoms with van der Waals surface area (Å²) < 4.78 is 0. The molecule has 1 saturated heterocycles. The first-order valence-corrected chi connectivity index (χ1v) is 7.95. The molecule has 0 unspecified atom stereocenters. The van der Waals surface area contributed by atoms with E-state index in [1.54, 1.807) is 18.5 Å². The molecule has 0 aromatic carbocycles. The molecule has 1 amide bonds. The summed E-state index contributed by atoms with van der Waals surface area (Å²) in [4.78, 5) is 28.8. The number of anilines is 1. The van der Waals surface area contributed by atoms with Crippen LogP contribution in [-0.2, 0) is 6.42 Å². The van der Waals surface area contributed by atoms with Gasteiger partial charge in [0, 0.05) is 45.1 Å². The lowest BCUT2D eigenvalue weighted by Crippen LogP contribution is -2.29. The fraction of sp³-hybridized carbons (Fsp3) is 0.412. The molecule has 6 nitrogen and oxygen atoms in total. The largest absolute Gasteiger partial charge is 0.359 e. The molecule has 0 saturated carbocycles. The van der Waals surface area contributed by atoms with Crippen LogP contribution in [0, 0.1) is 0 Å². The number of rotatable bonds is 5. The molecule has 2 aromatic rings. The van der Waals surface area contributed by atoms with E-state index in [2.05, 4.69) is 15.0 Å². The average molecular weight is 311 g/mol. The lowest BCUT2D eigenvalue weighted by molar-refractivity contribution is 0.0787. The lowest BCUT2D eigenvalue weighted by atomic mass is 10.2. The minimum Gasteiger partial charge on any atom is -0.359 e. The van der Waals surface area contributed by atoms with Crippen LogP contribution >= 0.6 is 0 Å². The molecule has 0 radical (unpaired) electrons. The van der Waals surface area contributed by atoms with Crippen LogP contribution in [0.5, 0.6) is 0 Å². The minimum atomic E-state index is 0.00804. The number of carbonyl (C=O) groups excluding carboxylic acids is 1. The number of hydrogen-bond donors (Lipinski definition) is 0. The highest BCUT2D eigenvalue weighted by Crippen LogP contribution is 2.15. The van der Waals surface area contributed by atoms with Gasteiger partial charge in [-0.2, -0.15) is 0 Å². The molecule has 1 aliphatic heterocycles. The minimum absolute atomic E-state index is 0.00804. The Kier molecular flexibility index (Phi) is 4.80. The van der Waals surface area contributed by atoms with E-state index in [0.717, 1.165) is 44.7 Å². The quantitative estimate of drug-likeness (QED) is 0.842. The van der Waals surface area contributed by atoms with Crippen molar-refractivity contribution >= 4 is 11.7 Å². The molecule has 0 spiro atoms. The summed E-state index contributed by atoms with van der Waals surface area (Å²) in [7, 11) is 1.98. The van der Waals surface area contributed by atoms with Crippen LogP contribution in [0.1, 0.15) is 28.9 Å². The smallest absolute Gasteiger partial charge is 0.272 e. The Labute approximate surface area is 136 Å². The average Bonchev–Trinajstić information content (AvgIpc) is 3.14. The van der Waals surface area contributed by atoms with E-state index in [9.17, 15) is 4.79 Å². The van der Waals surface area contributed by atoms with Gasteiger partial charge in [-0.15, -0.1) is 0 Å². The third kappa shape index (κ3) is 3.83. The van der Waals surface area contributed by atoms with Gasteiger partial charge in [-0.05, 0) is 37.0 Å². The molecule has 3 rings (SSSR count). The predicted octanol–water partition coefficient (Wildman–Crippen LogP) is 1.79. The molecular formula is C17H21N5O. The lowest BCUT2D eigenvalue weighted by Gasteiger charge is -2.19.